The van der Waals surface area contributed by atoms with Crippen molar-refractivity contribution in [3.8, 4) is 0 Å². The molecule has 1 aliphatic rings. The van der Waals surface area contributed by atoms with Crippen LogP contribution in [-0.4, -0.2) is 48.1 Å². The maximum absolute atomic E-state index is 3.47. The van der Waals surface area contributed by atoms with Crippen molar-refractivity contribution in [2.45, 2.75) is 44.9 Å². The van der Waals surface area contributed by atoms with E-state index in [4.69, 9.17) is 0 Å². The molecule has 0 amide bonds. The monoisotopic (exact) mass is 230 g/mol. The first-order valence-corrected chi connectivity index (χ1v) is 7.30. The first kappa shape index (κ1) is 13.3. The largest absolute Gasteiger partial charge is 0.315 e. The molecule has 15 heavy (non-hydrogen) atoms. The molecule has 0 aliphatic carbocycles. The van der Waals surface area contributed by atoms with Crippen LogP contribution < -0.4 is 5.32 Å². The first-order chi connectivity index (χ1) is 7.18. The Bertz CT molecular complexity index is 162. The summed E-state index contributed by atoms with van der Waals surface area (Å²) in [7, 11) is 0. The Morgan fingerprint density at radius 2 is 2.20 bits per heavy atom. The van der Waals surface area contributed by atoms with Crippen LogP contribution in [-0.2, 0) is 0 Å². The molecule has 1 N–H and O–H groups in total. The van der Waals surface area contributed by atoms with Crippen molar-refractivity contribution in [1.82, 2.24) is 10.2 Å². The van der Waals surface area contributed by atoms with Gasteiger partial charge in [0.05, 0.1) is 0 Å². The predicted octanol–water partition coefficient (Wildman–Crippen LogP) is 2.20. The van der Waals surface area contributed by atoms with Gasteiger partial charge in [0.2, 0.25) is 0 Å². The summed E-state index contributed by atoms with van der Waals surface area (Å²) in [6.45, 7) is 11.8. The molecule has 1 fully saturated rings. The lowest BCUT2D eigenvalue weighted by atomic mass is 10.2. The highest BCUT2D eigenvalue weighted by atomic mass is 32.2. The molecule has 0 aromatic carbocycles. The minimum Gasteiger partial charge on any atom is -0.315 e. The molecule has 1 rings (SSSR count). The maximum atomic E-state index is 3.47. The second kappa shape index (κ2) is 7.53. The average molecular weight is 230 g/mol. The highest BCUT2D eigenvalue weighted by Crippen LogP contribution is 2.17. The third kappa shape index (κ3) is 6.44. The summed E-state index contributed by atoms with van der Waals surface area (Å²) < 4.78 is 0. The van der Waals surface area contributed by atoms with E-state index in [-0.39, 0.29) is 0 Å². The fourth-order valence-electron chi connectivity index (χ4n) is 1.94. The van der Waals surface area contributed by atoms with Gasteiger partial charge in [-0.25, -0.2) is 0 Å². The van der Waals surface area contributed by atoms with E-state index >= 15 is 0 Å². The van der Waals surface area contributed by atoms with Crippen molar-refractivity contribution in [3.05, 3.63) is 0 Å². The number of thioether (sulfide) groups is 1. The van der Waals surface area contributed by atoms with Crippen molar-refractivity contribution in [2.75, 3.05) is 31.9 Å². The van der Waals surface area contributed by atoms with E-state index in [2.05, 4.69) is 42.7 Å². The predicted molar refractivity (Wildman–Crippen MR) is 70.7 cm³/mol. The van der Waals surface area contributed by atoms with Gasteiger partial charge in [0.1, 0.15) is 0 Å². The molecule has 1 saturated heterocycles. The summed E-state index contributed by atoms with van der Waals surface area (Å²) in [5.74, 6) is 1.32. The summed E-state index contributed by atoms with van der Waals surface area (Å²) in [6, 6.07) is 0.636. The van der Waals surface area contributed by atoms with E-state index in [0.29, 0.717) is 6.04 Å². The number of nitrogens with zero attached hydrogens (tertiary/aromatic N) is 1. The molecule has 0 spiro atoms. The summed E-state index contributed by atoms with van der Waals surface area (Å²) in [5, 5.41) is 4.31. The van der Waals surface area contributed by atoms with Crippen molar-refractivity contribution in [1.29, 1.82) is 0 Å². The summed E-state index contributed by atoms with van der Waals surface area (Å²) in [6.07, 6.45) is 2.66. The quantitative estimate of drug-likeness (QED) is 0.704. The first-order valence-electron chi connectivity index (χ1n) is 6.26. The van der Waals surface area contributed by atoms with Gasteiger partial charge < -0.3 is 10.2 Å². The van der Waals surface area contributed by atoms with Crippen LogP contribution in [0.5, 0.6) is 0 Å². The molecule has 1 atom stereocenters. The summed E-state index contributed by atoms with van der Waals surface area (Å²) in [5.41, 5.74) is 0. The molecule has 90 valence electrons. The van der Waals surface area contributed by atoms with E-state index in [1.807, 2.05) is 0 Å². The molecule has 2 nitrogen and oxygen atoms in total. The fraction of sp³-hybridized carbons (Fsp3) is 1.00. The number of unbranched alkanes of at least 4 members (excludes halogenated alkanes) is 1. The second-order valence-electron chi connectivity index (χ2n) is 4.80. The molecule has 3 heteroatoms. The Balaban J connectivity index is 1.95. The van der Waals surface area contributed by atoms with Crippen LogP contribution in [0.2, 0.25) is 0 Å². The molecular formula is C12H26N2S. The standard InChI is InChI=1S/C12H26N2S/c1-11(2)13-6-4-5-7-14-8-9-15-12(3)10-14/h11-13H,4-10H2,1-3H3. The molecule has 0 radical (unpaired) electrons. The van der Waals surface area contributed by atoms with Crippen molar-refractivity contribution in [2.24, 2.45) is 0 Å². The van der Waals surface area contributed by atoms with E-state index in [9.17, 15) is 0 Å². The van der Waals surface area contributed by atoms with Crippen LogP contribution in [0, 0.1) is 0 Å². The van der Waals surface area contributed by atoms with Gasteiger partial charge in [-0.1, -0.05) is 20.8 Å². The molecule has 0 aromatic heterocycles. The lowest BCUT2D eigenvalue weighted by Gasteiger charge is -2.30. The van der Waals surface area contributed by atoms with Crippen molar-refractivity contribution >= 4 is 11.8 Å². The Morgan fingerprint density at radius 3 is 2.87 bits per heavy atom. The minimum absolute atomic E-state index is 0.636. The second-order valence-corrected chi connectivity index (χ2v) is 6.34. The Labute approximate surface area is 99.2 Å². The molecular weight excluding hydrogens is 204 g/mol. The van der Waals surface area contributed by atoms with Crippen LogP contribution in [0.3, 0.4) is 0 Å². The van der Waals surface area contributed by atoms with Crippen LogP contribution in [0.1, 0.15) is 33.6 Å². The topological polar surface area (TPSA) is 15.3 Å². The Morgan fingerprint density at radius 1 is 1.40 bits per heavy atom. The summed E-state index contributed by atoms with van der Waals surface area (Å²) >= 11 is 2.12. The molecule has 0 aromatic rings. The molecule has 0 bridgehead atoms. The average Bonchev–Trinajstić information content (AvgIpc) is 2.17. The molecule has 1 unspecified atom stereocenters. The van der Waals surface area contributed by atoms with Gasteiger partial charge in [0.15, 0.2) is 0 Å². The minimum atomic E-state index is 0.636. The smallest absolute Gasteiger partial charge is 0.0147 e. The lowest BCUT2D eigenvalue weighted by molar-refractivity contribution is 0.279. The zero-order valence-electron chi connectivity index (χ0n) is 10.5. The van der Waals surface area contributed by atoms with Gasteiger partial charge in [-0.15, -0.1) is 0 Å². The highest BCUT2D eigenvalue weighted by molar-refractivity contribution is 7.99. The van der Waals surface area contributed by atoms with Crippen LogP contribution in [0.25, 0.3) is 0 Å². The number of hydrogen-bond donors (Lipinski definition) is 1. The van der Waals surface area contributed by atoms with E-state index < -0.39 is 0 Å². The SMILES string of the molecule is CC(C)NCCCCN1CCSC(C)C1. The fourth-order valence-corrected chi connectivity index (χ4v) is 3.03. The normalized spacial score (nSPS) is 23.6. The Kier molecular flexibility index (Phi) is 6.69. The van der Waals surface area contributed by atoms with Gasteiger partial charge in [-0.2, -0.15) is 11.8 Å². The lowest BCUT2D eigenvalue weighted by Crippen LogP contribution is -2.37. The van der Waals surface area contributed by atoms with Crippen LogP contribution in [0.4, 0.5) is 0 Å². The van der Waals surface area contributed by atoms with Gasteiger partial charge in [-0.05, 0) is 25.9 Å². The zero-order chi connectivity index (χ0) is 11.1. The number of nitrogens with one attached hydrogen (secondary N) is 1. The molecule has 1 aliphatic heterocycles. The van der Waals surface area contributed by atoms with Gasteiger partial charge in [0.25, 0.3) is 0 Å². The summed E-state index contributed by atoms with van der Waals surface area (Å²) in [4.78, 5) is 2.62. The number of rotatable bonds is 6. The van der Waals surface area contributed by atoms with E-state index in [1.165, 1.54) is 44.8 Å². The highest BCUT2D eigenvalue weighted by Gasteiger charge is 2.15. The number of hydrogen-bond acceptors (Lipinski definition) is 3. The maximum Gasteiger partial charge on any atom is 0.0147 e. The van der Waals surface area contributed by atoms with Crippen LogP contribution in [0.15, 0.2) is 0 Å². The van der Waals surface area contributed by atoms with Crippen molar-refractivity contribution in [3.63, 3.8) is 0 Å². The van der Waals surface area contributed by atoms with Gasteiger partial charge in [-0.3, -0.25) is 0 Å². The third-order valence-electron chi connectivity index (χ3n) is 2.78. The zero-order valence-corrected chi connectivity index (χ0v) is 11.3. The van der Waals surface area contributed by atoms with E-state index in [1.54, 1.807) is 0 Å². The van der Waals surface area contributed by atoms with Crippen LogP contribution >= 0.6 is 11.8 Å². The van der Waals surface area contributed by atoms with E-state index in [0.717, 1.165) is 5.25 Å². The van der Waals surface area contributed by atoms with Crippen molar-refractivity contribution < 1.29 is 0 Å². The third-order valence-corrected chi connectivity index (χ3v) is 3.92. The molecule has 1 heterocycles. The van der Waals surface area contributed by atoms with Gasteiger partial charge >= 0.3 is 0 Å². The molecule has 0 saturated carbocycles. The Hall–Kier alpha value is 0.270. The van der Waals surface area contributed by atoms with Gasteiger partial charge in [0, 0.05) is 30.1 Å².